The molecule has 3 atom stereocenters. The van der Waals surface area contributed by atoms with Crippen LogP contribution in [0, 0.1) is 5.92 Å². The molecule has 0 radical (unpaired) electrons. The van der Waals surface area contributed by atoms with Gasteiger partial charge in [-0.05, 0) is 25.7 Å². The van der Waals surface area contributed by atoms with Crippen LogP contribution in [-0.2, 0) is 9.53 Å². The number of carbonyl (C=O) groups excluding carboxylic acids is 1. The molecule has 0 aromatic heterocycles. The lowest BCUT2D eigenvalue weighted by atomic mass is 9.99. The first kappa shape index (κ1) is 16.8. The molecule has 0 spiro atoms. The van der Waals surface area contributed by atoms with E-state index in [0.29, 0.717) is 19.5 Å². The first-order chi connectivity index (χ1) is 9.49. The van der Waals surface area contributed by atoms with Crippen LogP contribution in [0.3, 0.4) is 0 Å². The van der Waals surface area contributed by atoms with Crippen LogP contribution in [0.4, 0.5) is 4.79 Å². The predicted molar refractivity (Wildman–Crippen MR) is 75.6 cm³/mol. The van der Waals surface area contributed by atoms with Gasteiger partial charge in [0.05, 0.1) is 6.10 Å². The number of ether oxygens (including phenoxy) is 1. The molecule has 116 valence electrons. The average Bonchev–Trinajstić information content (AvgIpc) is 2.93. The number of nitrogens with zero attached hydrogens (tertiary/aromatic N) is 1. The van der Waals surface area contributed by atoms with Gasteiger partial charge < -0.3 is 20.1 Å². The Labute approximate surface area is 120 Å². The van der Waals surface area contributed by atoms with Crippen molar-refractivity contribution in [3.05, 3.63) is 0 Å². The van der Waals surface area contributed by atoms with E-state index in [1.165, 1.54) is 0 Å². The summed E-state index contributed by atoms with van der Waals surface area (Å²) in [7, 11) is 0. The van der Waals surface area contributed by atoms with Gasteiger partial charge in [-0.15, -0.1) is 0 Å². The van der Waals surface area contributed by atoms with Crippen LogP contribution in [0.25, 0.3) is 0 Å². The number of rotatable bonds is 7. The number of carboxylic acid groups (broad SMARTS) is 1. The van der Waals surface area contributed by atoms with Crippen molar-refractivity contribution in [2.24, 2.45) is 5.92 Å². The molecule has 1 aliphatic rings. The summed E-state index contributed by atoms with van der Waals surface area (Å²) in [5, 5.41) is 11.8. The minimum Gasteiger partial charge on any atom is -0.480 e. The highest BCUT2D eigenvalue weighted by Gasteiger charge is 2.28. The maximum Gasteiger partial charge on any atom is 0.326 e. The highest BCUT2D eigenvalue weighted by molar-refractivity contribution is 5.82. The maximum atomic E-state index is 12.2. The number of carboxylic acids is 1. The minimum atomic E-state index is -0.985. The van der Waals surface area contributed by atoms with Gasteiger partial charge in [0, 0.05) is 19.7 Å². The highest BCUT2D eigenvalue weighted by atomic mass is 16.5. The van der Waals surface area contributed by atoms with E-state index < -0.39 is 12.0 Å². The summed E-state index contributed by atoms with van der Waals surface area (Å²) in [6, 6.07) is -1.17. The summed E-state index contributed by atoms with van der Waals surface area (Å²) in [6.45, 7) is 7.43. The SMILES string of the molecule is CCC(C)[C@H](NC(=O)N(CC)CC1CCCO1)C(=O)O. The van der Waals surface area contributed by atoms with E-state index in [2.05, 4.69) is 5.32 Å². The van der Waals surface area contributed by atoms with E-state index in [4.69, 9.17) is 4.74 Å². The molecule has 6 nitrogen and oxygen atoms in total. The number of urea groups is 1. The zero-order valence-electron chi connectivity index (χ0n) is 12.6. The molecule has 0 bridgehead atoms. The lowest BCUT2D eigenvalue weighted by Gasteiger charge is -2.27. The zero-order valence-corrected chi connectivity index (χ0v) is 12.6. The minimum absolute atomic E-state index is 0.0765. The molecule has 1 heterocycles. The summed E-state index contributed by atoms with van der Waals surface area (Å²) in [4.78, 5) is 25.0. The van der Waals surface area contributed by atoms with Crippen LogP contribution in [0.2, 0.25) is 0 Å². The number of likely N-dealkylation sites (N-methyl/N-ethyl adjacent to an activating group) is 1. The zero-order chi connectivity index (χ0) is 15.1. The van der Waals surface area contributed by atoms with Crippen molar-refractivity contribution in [2.45, 2.75) is 52.2 Å². The fourth-order valence-electron chi connectivity index (χ4n) is 2.30. The van der Waals surface area contributed by atoms with Crippen molar-refractivity contribution in [1.29, 1.82) is 0 Å². The molecule has 1 fully saturated rings. The van der Waals surface area contributed by atoms with Crippen molar-refractivity contribution >= 4 is 12.0 Å². The van der Waals surface area contributed by atoms with Crippen molar-refractivity contribution in [1.82, 2.24) is 10.2 Å². The maximum absolute atomic E-state index is 12.2. The van der Waals surface area contributed by atoms with E-state index in [1.807, 2.05) is 20.8 Å². The predicted octanol–water partition coefficient (Wildman–Crippen LogP) is 1.70. The summed E-state index contributed by atoms with van der Waals surface area (Å²) >= 11 is 0. The van der Waals surface area contributed by atoms with E-state index in [0.717, 1.165) is 19.4 Å². The summed E-state index contributed by atoms with van der Waals surface area (Å²) in [5.41, 5.74) is 0. The summed E-state index contributed by atoms with van der Waals surface area (Å²) < 4.78 is 5.52. The van der Waals surface area contributed by atoms with E-state index in [1.54, 1.807) is 4.90 Å². The molecule has 2 unspecified atom stereocenters. The number of nitrogens with one attached hydrogen (secondary N) is 1. The molecule has 20 heavy (non-hydrogen) atoms. The molecular formula is C14H26N2O4. The highest BCUT2D eigenvalue weighted by Crippen LogP contribution is 2.14. The van der Waals surface area contributed by atoms with Gasteiger partial charge >= 0.3 is 12.0 Å². The smallest absolute Gasteiger partial charge is 0.326 e. The van der Waals surface area contributed by atoms with Crippen LogP contribution >= 0.6 is 0 Å². The van der Waals surface area contributed by atoms with Crippen LogP contribution in [0.1, 0.15) is 40.0 Å². The summed E-state index contributed by atoms with van der Waals surface area (Å²) in [6.07, 6.45) is 2.76. The van der Waals surface area contributed by atoms with Crippen LogP contribution in [0.5, 0.6) is 0 Å². The Morgan fingerprint density at radius 1 is 1.45 bits per heavy atom. The third-order valence-electron chi connectivity index (χ3n) is 3.87. The Hall–Kier alpha value is -1.30. The van der Waals surface area contributed by atoms with Crippen molar-refractivity contribution in [2.75, 3.05) is 19.7 Å². The van der Waals surface area contributed by atoms with Gasteiger partial charge in [0.1, 0.15) is 6.04 Å². The van der Waals surface area contributed by atoms with Crippen LogP contribution < -0.4 is 5.32 Å². The fraction of sp³-hybridized carbons (Fsp3) is 0.857. The van der Waals surface area contributed by atoms with Crippen molar-refractivity contribution in [3.8, 4) is 0 Å². The summed E-state index contributed by atoms with van der Waals surface area (Å²) in [5.74, 6) is -1.08. The standard InChI is InChI=1S/C14H26N2O4/c1-4-10(3)12(13(17)18)15-14(19)16(5-2)9-11-7-6-8-20-11/h10-12H,4-9H2,1-3H3,(H,15,19)(H,17,18)/t10?,11?,12-/m0/s1. The van der Waals surface area contributed by atoms with Crippen LogP contribution in [-0.4, -0.2) is 53.8 Å². The molecule has 0 aromatic carbocycles. The second-order valence-electron chi connectivity index (χ2n) is 5.32. The van der Waals surface area contributed by atoms with Crippen molar-refractivity contribution < 1.29 is 19.4 Å². The van der Waals surface area contributed by atoms with Gasteiger partial charge in [0.15, 0.2) is 0 Å². The molecule has 0 saturated carbocycles. The number of carbonyl (C=O) groups is 2. The molecular weight excluding hydrogens is 260 g/mol. The Balaban J connectivity index is 2.57. The first-order valence-electron chi connectivity index (χ1n) is 7.39. The topological polar surface area (TPSA) is 78.9 Å². The quantitative estimate of drug-likeness (QED) is 0.746. The Bertz CT molecular complexity index is 329. The molecule has 2 N–H and O–H groups in total. The van der Waals surface area contributed by atoms with Gasteiger partial charge in [0.2, 0.25) is 0 Å². The largest absolute Gasteiger partial charge is 0.480 e. The Morgan fingerprint density at radius 2 is 2.15 bits per heavy atom. The van der Waals surface area contributed by atoms with Gasteiger partial charge in [-0.2, -0.15) is 0 Å². The van der Waals surface area contributed by atoms with E-state index in [9.17, 15) is 14.7 Å². The van der Waals surface area contributed by atoms with Gasteiger partial charge in [-0.3, -0.25) is 0 Å². The monoisotopic (exact) mass is 286 g/mol. The lowest BCUT2D eigenvalue weighted by Crippen LogP contribution is -2.51. The molecule has 1 rings (SSSR count). The number of hydrogen-bond acceptors (Lipinski definition) is 3. The third kappa shape index (κ3) is 4.67. The third-order valence-corrected chi connectivity index (χ3v) is 3.87. The molecule has 6 heteroatoms. The molecule has 2 amide bonds. The number of hydrogen-bond donors (Lipinski definition) is 2. The van der Waals surface area contributed by atoms with E-state index in [-0.39, 0.29) is 18.1 Å². The number of amides is 2. The molecule has 1 saturated heterocycles. The lowest BCUT2D eigenvalue weighted by molar-refractivity contribution is -0.140. The van der Waals surface area contributed by atoms with Gasteiger partial charge in [-0.1, -0.05) is 20.3 Å². The Morgan fingerprint density at radius 3 is 2.60 bits per heavy atom. The fourth-order valence-corrected chi connectivity index (χ4v) is 2.30. The number of aliphatic carboxylic acids is 1. The van der Waals surface area contributed by atoms with Gasteiger partial charge in [-0.25, -0.2) is 9.59 Å². The van der Waals surface area contributed by atoms with Gasteiger partial charge in [0.25, 0.3) is 0 Å². The molecule has 1 aliphatic heterocycles. The normalized spacial score (nSPS) is 21.2. The second-order valence-corrected chi connectivity index (χ2v) is 5.32. The van der Waals surface area contributed by atoms with E-state index >= 15 is 0 Å². The second kappa shape index (κ2) is 8.09. The Kier molecular flexibility index (Phi) is 6.78. The van der Waals surface area contributed by atoms with Crippen molar-refractivity contribution in [3.63, 3.8) is 0 Å². The average molecular weight is 286 g/mol. The molecule has 0 aliphatic carbocycles. The van der Waals surface area contributed by atoms with Crippen LogP contribution in [0.15, 0.2) is 0 Å². The molecule has 0 aromatic rings. The first-order valence-corrected chi connectivity index (χ1v) is 7.39.